The highest BCUT2D eigenvalue weighted by Crippen LogP contribution is 2.32. The van der Waals surface area contributed by atoms with Gasteiger partial charge >= 0.3 is 5.97 Å². The number of benzene rings is 2. The lowest BCUT2D eigenvalue weighted by molar-refractivity contribution is -0.140. The summed E-state index contributed by atoms with van der Waals surface area (Å²) in [5.74, 6) is -0.712. The average Bonchev–Trinajstić information content (AvgIpc) is 3.31. The van der Waals surface area contributed by atoms with E-state index in [0.29, 0.717) is 16.2 Å². The third-order valence-corrected chi connectivity index (χ3v) is 6.22. The molecule has 0 N–H and O–H groups in total. The van der Waals surface area contributed by atoms with E-state index < -0.39 is 16.8 Å². The Morgan fingerprint density at radius 3 is 2.23 bits per heavy atom. The first-order chi connectivity index (χ1) is 14.4. The molecule has 0 aliphatic carbocycles. The van der Waals surface area contributed by atoms with Crippen LogP contribution in [-0.4, -0.2) is 26.2 Å². The Bertz CT molecular complexity index is 1330. The van der Waals surface area contributed by atoms with Crippen LogP contribution in [0, 0.1) is 0 Å². The second-order valence-electron chi connectivity index (χ2n) is 6.95. The van der Waals surface area contributed by atoms with E-state index in [1.807, 2.05) is 30.3 Å². The molecule has 7 heteroatoms. The zero-order valence-electron chi connectivity index (χ0n) is 16.8. The van der Waals surface area contributed by atoms with Crippen molar-refractivity contribution in [2.24, 2.45) is 5.16 Å². The minimum atomic E-state index is -1.40. The second-order valence-corrected chi connectivity index (χ2v) is 8.26. The van der Waals surface area contributed by atoms with Crippen LogP contribution in [-0.2, 0) is 27.0 Å². The van der Waals surface area contributed by atoms with E-state index in [0.717, 1.165) is 33.9 Å². The maximum atomic E-state index is 12.9. The highest BCUT2D eigenvalue weighted by molar-refractivity contribution is 7.93. The van der Waals surface area contributed by atoms with Crippen molar-refractivity contribution < 1.29 is 18.6 Å². The van der Waals surface area contributed by atoms with Gasteiger partial charge in [-0.05, 0) is 55.8 Å². The molecule has 0 saturated heterocycles. The number of ketones is 1. The zero-order chi connectivity index (χ0) is 21.4. The molecule has 4 rings (SSSR count). The van der Waals surface area contributed by atoms with E-state index in [-0.39, 0.29) is 5.78 Å². The number of Topliss-reactive ketones (excluding diaryl/α,β-unsaturated/α-hetero) is 1. The van der Waals surface area contributed by atoms with Gasteiger partial charge in [-0.15, -0.1) is 0 Å². The molecule has 6 nitrogen and oxygen atoms in total. The molecule has 0 fully saturated rings. The van der Waals surface area contributed by atoms with Crippen molar-refractivity contribution in [2.75, 3.05) is 0 Å². The molecule has 30 heavy (non-hydrogen) atoms. The van der Waals surface area contributed by atoms with Crippen LogP contribution < -0.4 is 0 Å². The Morgan fingerprint density at radius 1 is 1.03 bits per heavy atom. The van der Waals surface area contributed by atoms with E-state index >= 15 is 0 Å². The van der Waals surface area contributed by atoms with E-state index in [1.165, 1.54) is 12.3 Å². The van der Waals surface area contributed by atoms with Crippen molar-refractivity contribution in [2.45, 2.75) is 27.3 Å². The molecule has 0 saturated carbocycles. The number of aromatic nitrogens is 1. The zero-order valence-corrected chi connectivity index (χ0v) is 17.7. The SMILES string of the molecule is CCn1c2ccc(C(=O)C3=CC=CS3=O)cc2c2cc(C(C)=NOC(C)=O)ccc21. The van der Waals surface area contributed by atoms with Gasteiger partial charge in [0.2, 0.25) is 5.78 Å². The fourth-order valence-corrected chi connectivity index (χ4v) is 4.53. The van der Waals surface area contributed by atoms with Gasteiger partial charge in [-0.25, -0.2) is 9.00 Å². The lowest BCUT2D eigenvalue weighted by atomic mass is 10.0. The van der Waals surface area contributed by atoms with Crippen LogP contribution in [0.3, 0.4) is 0 Å². The highest BCUT2D eigenvalue weighted by atomic mass is 32.2. The summed E-state index contributed by atoms with van der Waals surface area (Å²) in [6.45, 7) is 5.91. The third kappa shape index (κ3) is 3.41. The van der Waals surface area contributed by atoms with Gasteiger partial charge in [-0.1, -0.05) is 17.3 Å². The first kappa shape index (κ1) is 20.0. The van der Waals surface area contributed by atoms with Crippen molar-refractivity contribution >= 4 is 50.1 Å². The van der Waals surface area contributed by atoms with Crippen molar-refractivity contribution in [1.82, 2.24) is 4.57 Å². The molecule has 1 atom stereocenters. The molecule has 1 aliphatic heterocycles. The minimum Gasteiger partial charge on any atom is -0.341 e. The van der Waals surface area contributed by atoms with Crippen molar-refractivity contribution in [3.8, 4) is 0 Å². The maximum absolute atomic E-state index is 12.9. The fraction of sp³-hybridized carbons (Fsp3) is 0.174. The Balaban J connectivity index is 1.87. The predicted octanol–water partition coefficient (Wildman–Crippen LogP) is 4.44. The third-order valence-electron chi connectivity index (χ3n) is 5.06. The topological polar surface area (TPSA) is 77.7 Å². The summed E-state index contributed by atoms with van der Waals surface area (Å²) in [6, 6.07) is 11.5. The Morgan fingerprint density at radius 2 is 1.67 bits per heavy atom. The molecule has 1 aromatic heterocycles. The summed E-state index contributed by atoms with van der Waals surface area (Å²) in [4.78, 5) is 29.0. The van der Waals surface area contributed by atoms with Crippen LogP contribution in [0.4, 0.5) is 0 Å². The smallest absolute Gasteiger partial charge is 0.331 e. The number of carbonyl (C=O) groups is 2. The number of carbonyl (C=O) groups excluding carboxylic acids is 2. The Labute approximate surface area is 176 Å². The van der Waals surface area contributed by atoms with Crippen LogP contribution in [0.1, 0.15) is 36.7 Å². The highest BCUT2D eigenvalue weighted by Gasteiger charge is 2.21. The van der Waals surface area contributed by atoms with Gasteiger partial charge in [0, 0.05) is 46.2 Å². The number of hydrogen-bond acceptors (Lipinski definition) is 5. The van der Waals surface area contributed by atoms with Crippen LogP contribution in [0.5, 0.6) is 0 Å². The van der Waals surface area contributed by atoms with Crippen molar-refractivity contribution in [1.29, 1.82) is 0 Å². The van der Waals surface area contributed by atoms with Crippen molar-refractivity contribution in [3.63, 3.8) is 0 Å². The number of oxime groups is 1. The molecule has 3 aromatic rings. The van der Waals surface area contributed by atoms with Crippen LogP contribution in [0.25, 0.3) is 21.8 Å². The van der Waals surface area contributed by atoms with Crippen molar-refractivity contribution in [3.05, 3.63) is 70.0 Å². The molecule has 0 spiro atoms. The molecule has 0 amide bonds. The Kier molecular flexibility index (Phi) is 5.22. The molecule has 1 aliphatic rings. The minimum absolute atomic E-state index is 0.235. The van der Waals surface area contributed by atoms with Gasteiger partial charge in [0.1, 0.15) is 0 Å². The van der Waals surface area contributed by atoms with E-state index in [1.54, 1.807) is 25.1 Å². The molecule has 2 heterocycles. The molecular weight excluding hydrogens is 400 g/mol. The van der Waals surface area contributed by atoms with Crippen LogP contribution in [0.2, 0.25) is 0 Å². The first-order valence-corrected chi connectivity index (χ1v) is 10.7. The van der Waals surface area contributed by atoms with Gasteiger partial charge in [-0.3, -0.25) is 4.79 Å². The number of rotatable bonds is 5. The molecule has 1 unspecified atom stereocenters. The number of aryl methyl sites for hydroxylation is 1. The predicted molar refractivity (Wildman–Crippen MR) is 119 cm³/mol. The lowest BCUT2D eigenvalue weighted by Crippen LogP contribution is -2.05. The standard InChI is InChI=1S/C23H20N2O4S/c1-4-25-20-9-7-16(14(2)24-29-15(3)26)12-18(20)19-13-17(8-10-21(19)25)23(27)22-6-5-11-30(22)28/h5-13H,4H2,1-3H3. The largest absolute Gasteiger partial charge is 0.341 e. The fourth-order valence-electron chi connectivity index (χ4n) is 3.64. The summed E-state index contributed by atoms with van der Waals surface area (Å²) in [7, 11) is -1.40. The summed E-state index contributed by atoms with van der Waals surface area (Å²) in [6.07, 6.45) is 3.24. The number of hydrogen-bond donors (Lipinski definition) is 0. The number of fused-ring (bicyclic) bond motifs is 3. The first-order valence-electron chi connectivity index (χ1n) is 9.53. The average molecular weight is 420 g/mol. The molecule has 0 bridgehead atoms. The number of allylic oxidation sites excluding steroid dienone is 3. The quantitative estimate of drug-likeness (QED) is 0.265. The lowest BCUT2D eigenvalue weighted by Gasteiger charge is -2.05. The normalized spacial score (nSPS) is 16.3. The monoisotopic (exact) mass is 420 g/mol. The van der Waals surface area contributed by atoms with Gasteiger partial charge in [0.05, 0.1) is 21.4 Å². The molecule has 0 radical (unpaired) electrons. The molecule has 152 valence electrons. The second kappa shape index (κ2) is 7.84. The van der Waals surface area contributed by atoms with E-state index in [2.05, 4.69) is 16.6 Å². The molecule has 2 aromatic carbocycles. The van der Waals surface area contributed by atoms with E-state index in [4.69, 9.17) is 4.84 Å². The van der Waals surface area contributed by atoms with Gasteiger partial charge < -0.3 is 9.40 Å². The maximum Gasteiger partial charge on any atom is 0.331 e. The Hall–Kier alpha value is -3.32. The summed E-state index contributed by atoms with van der Waals surface area (Å²) >= 11 is 0. The number of nitrogens with zero attached hydrogens (tertiary/aromatic N) is 2. The summed E-state index contributed by atoms with van der Waals surface area (Å²) < 4.78 is 14.2. The van der Waals surface area contributed by atoms with Crippen LogP contribution >= 0.6 is 0 Å². The van der Waals surface area contributed by atoms with Crippen LogP contribution in [0.15, 0.2) is 64.0 Å². The summed E-state index contributed by atoms with van der Waals surface area (Å²) in [5.41, 5.74) is 3.94. The van der Waals surface area contributed by atoms with Gasteiger partial charge in [-0.2, -0.15) is 0 Å². The van der Waals surface area contributed by atoms with Gasteiger partial charge in [0.15, 0.2) is 0 Å². The summed E-state index contributed by atoms with van der Waals surface area (Å²) in [5, 5.41) is 7.27. The molecular formula is C23H20N2O4S. The van der Waals surface area contributed by atoms with Gasteiger partial charge in [0.25, 0.3) is 0 Å². The van der Waals surface area contributed by atoms with E-state index in [9.17, 15) is 13.8 Å².